The van der Waals surface area contributed by atoms with Gasteiger partial charge in [0.1, 0.15) is 11.6 Å². The van der Waals surface area contributed by atoms with E-state index in [0.717, 1.165) is 0 Å². The highest BCUT2D eigenvalue weighted by Crippen LogP contribution is 2.08. The normalized spacial score (nSPS) is 15.1. The summed E-state index contributed by atoms with van der Waals surface area (Å²) in [5.74, 6) is -0.515. The molecule has 0 heterocycles. The Morgan fingerprint density at radius 2 is 1.62 bits per heavy atom. The van der Waals surface area contributed by atoms with Crippen molar-refractivity contribution in [2.45, 2.75) is 52.3 Å². The van der Waals surface area contributed by atoms with Crippen LogP contribution in [-0.4, -0.2) is 36.6 Å². The van der Waals surface area contributed by atoms with Crippen molar-refractivity contribution < 1.29 is 14.3 Å². The molecule has 0 radical (unpaired) electrons. The van der Waals surface area contributed by atoms with E-state index in [1.54, 1.807) is 41.7 Å². The summed E-state index contributed by atoms with van der Waals surface area (Å²) >= 11 is 0. The maximum absolute atomic E-state index is 11.6. The monoisotopic (exact) mass is 230 g/mol. The Labute approximate surface area is 96.9 Å². The zero-order valence-corrected chi connectivity index (χ0v) is 10.9. The molecule has 2 unspecified atom stereocenters. The third-order valence-corrected chi connectivity index (χ3v) is 1.90. The van der Waals surface area contributed by atoms with Crippen LogP contribution in [0.5, 0.6) is 0 Å². The van der Waals surface area contributed by atoms with Gasteiger partial charge in [0.15, 0.2) is 0 Å². The van der Waals surface area contributed by atoms with Crippen LogP contribution >= 0.6 is 0 Å². The van der Waals surface area contributed by atoms with Gasteiger partial charge in [-0.3, -0.25) is 14.9 Å². The van der Waals surface area contributed by atoms with Crippen molar-refractivity contribution in [3.63, 3.8) is 0 Å². The highest BCUT2D eigenvalue weighted by Gasteiger charge is 2.24. The van der Waals surface area contributed by atoms with Gasteiger partial charge < -0.3 is 10.1 Å². The fourth-order valence-electron chi connectivity index (χ4n) is 1.13. The zero-order chi connectivity index (χ0) is 12.9. The second kappa shape index (κ2) is 5.84. The second-order valence-corrected chi connectivity index (χ2v) is 4.76. The number of hydrogen-bond acceptors (Lipinski definition) is 4. The number of carbonyl (C=O) groups is 2. The van der Waals surface area contributed by atoms with E-state index in [1.807, 2.05) is 0 Å². The lowest BCUT2D eigenvalue weighted by molar-refractivity contribution is -0.157. The lowest BCUT2D eigenvalue weighted by atomic mass is 10.2. The number of rotatable bonds is 4. The first-order valence-electron chi connectivity index (χ1n) is 5.38. The smallest absolute Gasteiger partial charge is 0.323 e. The molecule has 5 nitrogen and oxygen atoms in total. The van der Waals surface area contributed by atoms with E-state index in [1.165, 1.54) is 0 Å². The maximum Gasteiger partial charge on any atom is 0.323 e. The van der Waals surface area contributed by atoms with E-state index in [-0.39, 0.29) is 11.9 Å². The Hall–Kier alpha value is -1.10. The lowest BCUT2D eigenvalue weighted by Gasteiger charge is -2.24. The number of likely N-dealkylation sites (N-methyl/N-ethyl adjacent to an activating group) is 1. The number of nitrogens with one attached hydrogen (secondary N) is 2. The predicted molar refractivity (Wildman–Crippen MR) is 62.0 cm³/mol. The quantitative estimate of drug-likeness (QED) is 0.688. The molecule has 0 aromatic heterocycles. The number of esters is 1. The third kappa shape index (κ3) is 5.70. The molecule has 0 rings (SSSR count). The molecule has 2 atom stereocenters. The standard InChI is InChI=1S/C11H22N2O3/c1-7(9(14)12-6)13-8(2)10(15)16-11(3,4)5/h7-8,13H,1-6H3,(H,12,14). The Morgan fingerprint density at radius 3 is 2.00 bits per heavy atom. The molecule has 0 aliphatic rings. The molecule has 0 saturated carbocycles. The molecule has 2 N–H and O–H groups in total. The Balaban J connectivity index is 4.21. The number of carbonyl (C=O) groups excluding carboxylic acids is 2. The van der Waals surface area contributed by atoms with Gasteiger partial charge in [0.2, 0.25) is 5.91 Å². The third-order valence-electron chi connectivity index (χ3n) is 1.90. The molecule has 0 spiro atoms. The van der Waals surface area contributed by atoms with E-state index < -0.39 is 17.7 Å². The Morgan fingerprint density at radius 1 is 1.12 bits per heavy atom. The topological polar surface area (TPSA) is 67.4 Å². The molecule has 5 heteroatoms. The average Bonchev–Trinajstić information content (AvgIpc) is 2.13. The van der Waals surface area contributed by atoms with Crippen LogP contribution in [0.15, 0.2) is 0 Å². The Kier molecular flexibility index (Phi) is 5.44. The largest absolute Gasteiger partial charge is 0.459 e. The molecule has 0 aliphatic carbocycles. The molecule has 0 saturated heterocycles. The van der Waals surface area contributed by atoms with Gasteiger partial charge in [-0.1, -0.05) is 0 Å². The van der Waals surface area contributed by atoms with E-state index >= 15 is 0 Å². The molecule has 0 aromatic rings. The lowest BCUT2D eigenvalue weighted by Crippen LogP contribution is -2.48. The summed E-state index contributed by atoms with van der Waals surface area (Å²) in [5.41, 5.74) is -0.511. The van der Waals surface area contributed by atoms with Gasteiger partial charge in [0.25, 0.3) is 0 Å². The van der Waals surface area contributed by atoms with Crippen LogP contribution in [0.4, 0.5) is 0 Å². The van der Waals surface area contributed by atoms with Gasteiger partial charge in [0.05, 0.1) is 6.04 Å². The molecule has 0 aliphatic heterocycles. The molecule has 16 heavy (non-hydrogen) atoms. The zero-order valence-electron chi connectivity index (χ0n) is 10.9. The van der Waals surface area contributed by atoms with E-state index in [2.05, 4.69) is 10.6 Å². The fourth-order valence-corrected chi connectivity index (χ4v) is 1.13. The minimum Gasteiger partial charge on any atom is -0.459 e. The minimum atomic E-state index is -0.511. The molecular formula is C11H22N2O3. The molecule has 94 valence electrons. The van der Waals surface area contributed by atoms with Gasteiger partial charge in [-0.25, -0.2) is 0 Å². The molecule has 1 amide bonds. The number of hydrogen-bond donors (Lipinski definition) is 2. The highest BCUT2D eigenvalue weighted by atomic mass is 16.6. The van der Waals surface area contributed by atoms with Crippen molar-refractivity contribution >= 4 is 11.9 Å². The molecular weight excluding hydrogens is 208 g/mol. The maximum atomic E-state index is 11.6. The van der Waals surface area contributed by atoms with Crippen molar-refractivity contribution in [2.24, 2.45) is 0 Å². The van der Waals surface area contributed by atoms with Crippen molar-refractivity contribution in [1.82, 2.24) is 10.6 Å². The summed E-state index contributed by atoms with van der Waals surface area (Å²) in [6.07, 6.45) is 0. The summed E-state index contributed by atoms with van der Waals surface area (Å²) in [5, 5.41) is 5.37. The average molecular weight is 230 g/mol. The highest BCUT2D eigenvalue weighted by molar-refractivity contribution is 5.82. The Bertz CT molecular complexity index is 258. The molecule has 0 aromatic carbocycles. The summed E-state index contributed by atoms with van der Waals surface area (Å²) in [6, 6.07) is -0.931. The van der Waals surface area contributed by atoms with E-state index in [9.17, 15) is 9.59 Å². The van der Waals surface area contributed by atoms with Crippen LogP contribution in [0.25, 0.3) is 0 Å². The van der Waals surface area contributed by atoms with Gasteiger partial charge in [-0.15, -0.1) is 0 Å². The fraction of sp³-hybridized carbons (Fsp3) is 0.818. The van der Waals surface area contributed by atoms with E-state index in [0.29, 0.717) is 0 Å². The van der Waals surface area contributed by atoms with Crippen LogP contribution < -0.4 is 10.6 Å². The van der Waals surface area contributed by atoms with Crippen LogP contribution in [0, 0.1) is 0 Å². The summed E-state index contributed by atoms with van der Waals surface area (Å²) in [4.78, 5) is 22.8. The first-order valence-corrected chi connectivity index (χ1v) is 5.38. The van der Waals surface area contributed by atoms with Crippen LogP contribution in [0.2, 0.25) is 0 Å². The summed E-state index contributed by atoms with van der Waals surface area (Å²) in [6.45, 7) is 8.78. The second-order valence-electron chi connectivity index (χ2n) is 4.76. The number of amides is 1. The summed E-state index contributed by atoms with van der Waals surface area (Å²) in [7, 11) is 1.55. The SMILES string of the molecule is CNC(=O)C(C)NC(C)C(=O)OC(C)(C)C. The van der Waals surface area contributed by atoms with Crippen molar-refractivity contribution in [3.05, 3.63) is 0 Å². The van der Waals surface area contributed by atoms with Gasteiger partial charge >= 0.3 is 5.97 Å². The van der Waals surface area contributed by atoms with Gasteiger partial charge in [0, 0.05) is 7.05 Å². The predicted octanol–water partition coefficient (Wildman–Crippen LogP) is 0.441. The van der Waals surface area contributed by atoms with Crippen LogP contribution in [-0.2, 0) is 14.3 Å². The van der Waals surface area contributed by atoms with Gasteiger partial charge in [-0.2, -0.15) is 0 Å². The number of ether oxygens (including phenoxy) is 1. The minimum absolute atomic E-state index is 0.157. The molecule has 0 bridgehead atoms. The van der Waals surface area contributed by atoms with Crippen LogP contribution in [0.3, 0.4) is 0 Å². The van der Waals surface area contributed by atoms with Gasteiger partial charge in [-0.05, 0) is 34.6 Å². The molecule has 0 fully saturated rings. The van der Waals surface area contributed by atoms with E-state index in [4.69, 9.17) is 4.74 Å². The first kappa shape index (κ1) is 14.9. The van der Waals surface area contributed by atoms with Crippen molar-refractivity contribution in [1.29, 1.82) is 0 Å². The van der Waals surface area contributed by atoms with Crippen LogP contribution in [0.1, 0.15) is 34.6 Å². The van der Waals surface area contributed by atoms with Crippen molar-refractivity contribution in [2.75, 3.05) is 7.05 Å². The summed E-state index contributed by atoms with van der Waals surface area (Å²) < 4.78 is 5.18. The van der Waals surface area contributed by atoms with Crippen molar-refractivity contribution in [3.8, 4) is 0 Å². The first-order chi connectivity index (χ1) is 7.17.